The largest absolute Gasteiger partial charge is 0.304 e. The summed E-state index contributed by atoms with van der Waals surface area (Å²) < 4.78 is 0. The zero-order valence-corrected chi connectivity index (χ0v) is 12.8. The summed E-state index contributed by atoms with van der Waals surface area (Å²) >= 11 is 0. The maximum atomic E-state index is 2.49. The molecule has 1 aliphatic rings. The lowest BCUT2D eigenvalue weighted by Crippen LogP contribution is -2.37. The summed E-state index contributed by atoms with van der Waals surface area (Å²) in [4.78, 5) is 2.49. The second-order valence-electron chi connectivity index (χ2n) is 4.36. The molecule has 0 aromatic heterocycles. The van der Waals surface area contributed by atoms with Crippen molar-refractivity contribution in [2.45, 2.75) is 79.7 Å². The molecule has 0 bridgehead atoms. The molecule has 2 unspecified atom stereocenters. The van der Waals surface area contributed by atoms with E-state index >= 15 is 0 Å². The first-order valence-corrected chi connectivity index (χ1v) is 7.44. The molecule has 0 radical (unpaired) electrons. The Morgan fingerprint density at radius 1 is 1.12 bits per heavy atom. The van der Waals surface area contributed by atoms with Crippen LogP contribution in [0.3, 0.4) is 0 Å². The number of rotatable bonds is 3. The van der Waals surface area contributed by atoms with E-state index in [0.29, 0.717) is 0 Å². The molecule has 1 saturated heterocycles. The van der Waals surface area contributed by atoms with Crippen LogP contribution in [0, 0.1) is 5.92 Å². The molecule has 1 aliphatic heterocycles. The van der Waals surface area contributed by atoms with Gasteiger partial charge in [0, 0.05) is 6.04 Å². The van der Waals surface area contributed by atoms with E-state index in [0.717, 1.165) is 12.0 Å². The van der Waals surface area contributed by atoms with Crippen molar-refractivity contribution in [3.05, 3.63) is 0 Å². The third-order valence-electron chi connectivity index (χ3n) is 3.28. The summed E-state index contributed by atoms with van der Waals surface area (Å²) in [5.41, 5.74) is 0. The van der Waals surface area contributed by atoms with E-state index in [1.165, 1.54) is 38.6 Å². The van der Waals surface area contributed by atoms with Crippen molar-refractivity contribution in [3.63, 3.8) is 0 Å². The highest BCUT2D eigenvalue weighted by Gasteiger charge is 2.21. The first-order valence-electron chi connectivity index (χ1n) is 7.44. The lowest BCUT2D eigenvalue weighted by atomic mass is 9.88. The highest BCUT2D eigenvalue weighted by molar-refractivity contribution is 4.76. The van der Waals surface area contributed by atoms with Crippen LogP contribution in [0.25, 0.3) is 0 Å². The molecule has 0 spiro atoms. The van der Waals surface area contributed by atoms with Crippen LogP contribution in [0.1, 0.15) is 73.6 Å². The van der Waals surface area contributed by atoms with Gasteiger partial charge in [-0.3, -0.25) is 0 Å². The fourth-order valence-electron chi connectivity index (χ4n) is 2.14. The molecule has 16 heavy (non-hydrogen) atoms. The number of unbranched alkanes of at least 4 members (excludes halogenated alkanes) is 1. The average molecular weight is 229 g/mol. The first kappa shape index (κ1) is 18.3. The van der Waals surface area contributed by atoms with E-state index in [1.54, 1.807) is 0 Å². The third kappa shape index (κ3) is 8.15. The predicted octanol–water partition coefficient (Wildman–Crippen LogP) is 4.96. The standard InChI is InChI=1S/C11H23N.2C2H6/c1-4-5-6-11-7-8-12(3)10(2)9-11;2*1-2/h10-11H,4-9H2,1-3H3;2*1-2H3. The van der Waals surface area contributed by atoms with Crippen LogP contribution < -0.4 is 0 Å². The van der Waals surface area contributed by atoms with Crippen molar-refractivity contribution < 1.29 is 0 Å². The molecule has 1 heterocycles. The number of nitrogens with zero attached hydrogens (tertiary/aromatic N) is 1. The monoisotopic (exact) mass is 229 g/mol. The van der Waals surface area contributed by atoms with Crippen molar-refractivity contribution in [3.8, 4) is 0 Å². The van der Waals surface area contributed by atoms with Crippen LogP contribution in [0.2, 0.25) is 0 Å². The van der Waals surface area contributed by atoms with E-state index in [1.807, 2.05) is 27.7 Å². The fourth-order valence-corrected chi connectivity index (χ4v) is 2.14. The van der Waals surface area contributed by atoms with Crippen LogP contribution in [0.5, 0.6) is 0 Å². The molecule has 1 nitrogen and oxygen atoms in total. The Kier molecular flexibility index (Phi) is 14.9. The Bertz CT molecular complexity index is 121. The number of likely N-dealkylation sites (tertiary alicyclic amines) is 1. The van der Waals surface area contributed by atoms with E-state index in [9.17, 15) is 0 Å². The highest BCUT2D eigenvalue weighted by Crippen LogP contribution is 2.25. The van der Waals surface area contributed by atoms with Crippen LogP contribution in [-0.2, 0) is 0 Å². The maximum Gasteiger partial charge on any atom is 0.00665 e. The molecule has 1 rings (SSSR count). The second kappa shape index (κ2) is 13.0. The van der Waals surface area contributed by atoms with Gasteiger partial charge >= 0.3 is 0 Å². The molecular formula is C15H35N. The minimum atomic E-state index is 0.820. The number of hydrogen-bond acceptors (Lipinski definition) is 1. The van der Waals surface area contributed by atoms with Crippen molar-refractivity contribution in [1.29, 1.82) is 0 Å². The molecule has 0 amide bonds. The van der Waals surface area contributed by atoms with Crippen LogP contribution in [0.15, 0.2) is 0 Å². The molecule has 1 fully saturated rings. The molecule has 0 aromatic rings. The van der Waals surface area contributed by atoms with Gasteiger partial charge < -0.3 is 4.90 Å². The molecule has 0 saturated carbocycles. The maximum absolute atomic E-state index is 2.49. The van der Waals surface area contributed by atoms with Crippen LogP contribution in [-0.4, -0.2) is 24.5 Å². The van der Waals surface area contributed by atoms with Crippen molar-refractivity contribution >= 4 is 0 Å². The van der Waals surface area contributed by atoms with E-state index in [-0.39, 0.29) is 0 Å². The number of hydrogen-bond donors (Lipinski definition) is 0. The van der Waals surface area contributed by atoms with Gasteiger partial charge in [-0.05, 0) is 39.3 Å². The highest BCUT2D eigenvalue weighted by atomic mass is 15.1. The molecule has 0 N–H and O–H groups in total. The normalized spacial score (nSPS) is 24.9. The zero-order valence-electron chi connectivity index (χ0n) is 12.8. The summed E-state index contributed by atoms with van der Waals surface area (Å²) in [6.45, 7) is 14.0. The van der Waals surface area contributed by atoms with E-state index < -0.39 is 0 Å². The number of piperidine rings is 1. The Hall–Kier alpha value is -0.0400. The first-order chi connectivity index (χ1) is 7.74. The fraction of sp³-hybridized carbons (Fsp3) is 1.00. The quantitative estimate of drug-likeness (QED) is 0.661. The van der Waals surface area contributed by atoms with E-state index in [2.05, 4.69) is 25.8 Å². The predicted molar refractivity (Wildman–Crippen MR) is 77.0 cm³/mol. The molecule has 100 valence electrons. The van der Waals surface area contributed by atoms with E-state index in [4.69, 9.17) is 0 Å². The van der Waals surface area contributed by atoms with Crippen LogP contribution in [0.4, 0.5) is 0 Å². The Labute approximate surface area is 105 Å². The van der Waals surface area contributed by atoms with Gasteiger partial charge in [-0.1, -0.05) is 53.9 Å². The van der Waals surface area contributed by atoms with Gasteiger partial charge in [0.1, 0.15) is 0 Å². The lowest BCUT2D eigenvalue weighted by molar-refractivity contribution is 0.147. The topological polar surface area (TPSA) is 3.24 Å². The minimum Gasteiger partial charge on any atom is -0.304 e. The molecule has 0 aromatic carbocycles. The Balaban J connectivity index is 0. The second-order valence-corrected chi connectivity index (χ2v) is 4.36. The molecular weight excluding hydrogens is 194 g/mol. The van der Waals surface area contributed by atoms with Gasteiger partial charge in [0.25, 0.3) is 0 Å². The Morgan fingerprint density at radius 3 is 2.12 bits per heavy atom. The van der Waals surface area contributed by atoms with Gasteiger partial charge in [-0.15, -0.1) is 0 Å². The SMILES string of the molecule is CC.CC.CCCCC1CCN(C)C(C)C1. The van der Waals surface area contributed by atoms with Gasteiger partial charge in [0.05, 0.1) is 0 Å². The third-order valence-corrected chi connectivity index (χ3v) is 3.28. The summed E-state index contributed by atoms with van der Waals surface area (Å²) in [6.07, 6.45) is 7.12. The zero-order chi connectivity index (χ0) is 13.0. The molecule has 1 heteroatoms. The average Bonchev–Trinajstić information content (AvgIpc) is 2.36. The van der Waals surface area contributed by atoms with Crippen molar-refractivity contribution in [2.24, 2.45) is 5.92 Å². The lowest BCUT2D eigenvalue weighted by Gasteiger charge is -2.35. The summed E-state index contributed by atoms with van der Waals surface area (Å²) in [5.74, 6) is 1.02. The summed E-state index contributed by atoms with van der Waals surface area (Å²) in [5, 5.41) is 0. The molecule has 2 atom stereocenters. The molecule has 0 aliphatic carbocycles. The van der Waals surface area contributed by atoms with Gasteiger partial charge in [0.2, 0.25) is 0 Å². The van der Waals surface area contributed by atoms with Gasteiger partial charge in [0.15, 0.2) is 0 Å². The summed E-state index contributed by atoms with van der Waals surface area (Å²) in [7, 11) is 2.25. The smallest absolute Gasteiger partial charge is 0.00665 e. The minimum absolute atomic E-state index is 0.820. The Morgan fingerprint density at radius 2 is 1.69 bits per heavy atom. The van der Waals surface area contributed by atoms with Crippen LogP contribution >= 0.6 is 0 Å². The van der Waals surface area contributed by atoms with Gasteiger partial charge in [-0.25, -0.2) is 0 Å². The van der Waals surface area contributed by atoms with Crippen molar-refractivity contribution in [2.75, 3.05) is 13.6 Å². The summed E-state index contributed by atoms with van der Waals surface area (Å²) in [6, 6.07) is 0.820. The van der Waals surface area contributed by atoms with Crippen molar-refractivity contribution in [1.82, 2.24) is 4.90 Å². The van der Waals surface area contributed by atoms with Gasteiger partial charge in [-0.2, -0.15) is 0 Å².